The lowest BCUT2D eigenvalue weighted by Crippen LogP contribution is -1.97. The normalized spacial score (nSPS) is 10.1. The minimum Gasteiger partial charge on any atom is -0.421 e. The number of anilines is 1. The molecule has 0 spiro atoms. The topological polar surface area (TPSA) is 61.0 Å². The van der Waals surface area contributed by atoms with Gasteiger partial charge in [0, 0.05) is 11.9 Å². The minimum atomic E-state index is 0.290. The van der Waals surface area contributed by atoms with Gasteiger partial charge in [0.05, 0.1) is 10.2 Å². The van der Waals surface area contributed by atoms with Crippen LogP contribution in [0.4, 0.5) is 5.69 Å². The lowest BCUT2D eigenvalue weighted by atomic mass is 10.3. The molecule has 1 aromatic carbocycles. The minimum absolute atomic E-state index is 0.290. The molecule has 1 heterocycles. The van der Waals surface area contributed by atoms with Crippen molar-refractivity contribution in [1.82, 2.24) is 9.97 Å². The van der Waals surface area contributed by atoms with Crippen LogP contribution in [0.2, 0.25) is 0 Å². The molecule has 16 heavy (non-hydrogen) atoms. The van der Waals surface area contributed by atoms with Gasteiger partial charge in [0.1, 0.15) is 0 Å². The number of aryl methyl sites for hydroxylation is 1. The summed E-state index contributed by atoms with van der Waals surface area (Å²) in [6.45, 7) is 1.87. The third-order valence-corrected chi connectivity index (χ3v) is 2.59. The summed E-state index contributed by atoms with van der Waals surface area (Å²) in [6.07, 6.45) is 1.64. The number of hydrogen-bond donors (Lipinski definition) is 1. The number of benzene rings is 1. The largest absolute Gasteiger partial charge is 0.421 e. The predicted octanol–water partition coefficient (Wildman–Crippen LogP) is 2.92. The Hall–Kier alpha value is -1.62. The summed E-state index contributed by atoms with van der Waals surface area (Å²) in [5, 5.41) is 0. The zero-order valence-electron chi connectivity index (χ0n) is 8.64. The molecular weight excluding hydrogens is 270 g/mol. The second-order valence-electron chi connectivity index (χ2n) is 3.24. The third-order valence-electron chi connectivity index (χ3n) is 1.96. The summed E-state index contributed by atoms with van der Waals surface area (Å²) in [7, 11) is 0. The Bertz CT molecular complexity index is 496. The number of ether oxygens (including phenoxy) is 1. The SMILES string of the molecule is Cc1ccnc(Oc2c(N)cccc2Br)n1. The highest BCUT2D eigenvalue weighted by molar-refractivity contribution is 9.10. The monoisotopic (exact) mass is 279 g/mol. The lowest BCUT2D eigenvalue weighted by Gasteiger charge is -2.08. The predicted molar refractivity (Wildman–Crippen MR) is 65.4 cm³/mol. The van der Waals surface area contributed by atoms with Crippen molar-refractivity contribution in [1.29, 1.82) is 0 Å². The summed E-state index contributed by atoms with van der Waals surface area (Å²) < 4.78 is 6.30. The first-order chi connectivity index (χ1) is 7.66. The Balaban J connectivity index is 2.34. The molecule has 0 radical (unpaired) electrons. The molecule has 1 aromatic heterocycles. The van der Waals surface area contributed by atoms with E-state index in [-0.39, 0.29) is 0 Å². The molecular formula is C11H10BrN3O. The van der Waals surface area contributed by atoms with Crippen LogP contribution < -0.4 is 10.5 Å². The molecule has 0 amide bonds. The summed E-state index contributed by atoms with van der Waals surface area (Å²) in [4.78, 5) is 8.15. The zero-order chi connectivity index (χ0) is 11.5. The maximum absolute atomic E-state index is 5.80. The Labute approximate surface area is 102 Å². The average Bonchev–Trinajstić information content (AvgIpc) is 2.24. The van der Waals surface area contributed by atoms with Crippen molar-refractivity contribution in [2.24, 2.45) is 0 Å². The van der Waals surface area contributed by atoms with E-state index in [4.69, 9.17) is 10.5 Å². The number of aromatic nitrogens is 2. The molecule has 0 unspecified atom stereocenters. The van der Waals surface area contributed by atoms with Crippen molar-refractivity contribution in [3.8, 4) is 11.8 Å². The van der Waals surface area contributed by atoms with Crippen molar-refractivity contribution in [2.45, 2.75) is 6.92 Å². The Kier molecular flexibility index (Phi) is 3.05. The standard InChI is InChI=1S/C11H10BrN3O/c1-7-5-6-14-11(15-7)16-10-8(12)3-2-4-9(10)13/h2-6H,13H2,1H3. The van der Waals surface area contributed by atoms with Gasteiger partial charge >= 0.3 is 6.01 Å². The molecule has 0 aliphatic rings. The molecule has 2 N–H and O–H groups in total. The number of nitrogens with two attached hydrogens (primary N) is 1. The van der Waals surface area contributed by atoms with Crippen LogP contribution in [-0.2, 0) is 0 Å². The summed E-state index contributed by atoms with van der Waals surface area (Å²) in [5.74, 6) is 0.535. The van der Waals surface area contributed by atoms with E-state index in [0.29, 0.717) is 17.4 Å². The molecule has 4 nitrogen and oxygen atoms in total. The maximum Gasteiger partial charge on any atom is 0.322 e. The molecule has 0 saturated heterocycles. The summed E-state index contributed by atoms with van der Waals surface area (Å²) >= 11 is 3.36. The van der Waals surface area contributed by atoms with Crippen LogP contribution >= 0.6 is 15.9 Å². The Morgan fingerprint density at radius 3 is 2.81 bits per heavy atom. The molecule has 0 saturated carbocycles. The Morgan fingerprint density at radius 1 is 1.31 bits per heavy atom. The number of nitrogens with zero attached hydrogens (tertiary/aromatic N) is 2. The van der Waals surface area contributed by atoms with Crippen molar-refractivity contribution in [3.05, 3.63) is 40.6 Å². The number of halogens is 1. The fourth-order valence-electron chi connectivity index (χ4n) is 1.20. The van der Waals surface area contributed by atoms with Crippen LogP contribution in [0.15, 0.2) is 34.9 Å². The molecule has 0 aliphatic heterocycles. The van der Waals surface area contributed by atoms with Gasteiger partial charge in [-0.25, -0.2) is 9.97 Å². The quantitative estimate of drug-likeness (QED) is 0.859. The number of hydrogen-bond acceptors (Lipinski definition) is 4. The van der Waals surface area contributed by atoms with Crippen LogP contribution in [0.5, 0.6) is 11.8 Å². The third kappa shape index (κ3) is 2.30. The van der Waals surface area contributed by atoms with Gasteiger partial charge in [-0.3, -0.25) is 0 Å². The highest BCUT2D eigenvalue weighted by atomic mass is 79.9. The first-order valence-corrected chi connectivity index (χ1v) is 5.47. The lowest BCUT2D eigenvalue weighted by molar-refractivity contribution is 0.440. The Morgan fingerprint density at radius 2 is 2.12 bits per heavy atom. The number of nitrogen functional groups attached to an aromatic ring is 1. The number of para-hydroxylation sites is 1. The molecule has 2 aromatic rings. The first-order valence-electron chi connectivity index (χ1n) is 4.68. The number of rotatable bonds is 2. The molecule has 0 aliphatic carbocycles. The van der Waals surface area contributed by atoms with Gasteiger partial charge < -0.3 is 10.5 Å². The molecule has 0 bridgehead atoms. The zero-order valence-corrected chi connectivity index (χ0v) is 10.2. The summed E-state index contributed by atoms with van der Waals surface area (Å²) in [5.41, 5.74) is 7.18. The van der Waals surface area contributed by atoms with Crippen molar-refractivity contribution in [3.63, 3.8) is 0 Å². The van der Waals surface area contributed by atoms with Crippen LogP contribution in [0.3, 0.4) is 0 Å². The molecule has 82 valence electrons. The van der Waals surface area contributed by atoms with E-state index < -0.39 is 0 Å². The fraction of sp³-hybridized carbons (Fsp3) is 0.0909. The van der Waals surface area contributed by atoms with Crippen molar-refractivity contribution < 1.29 is 4.74 Å². The van der Waals surface area contributed by atoms with Gasteiger partial charge in [-0.2, -0.15) is 0 Å². The van der Waals surface area contributed by atoms with E-state index >= 15 is 0 Å². The van der Waals surface area contributed by atoms with Crippen LogP contribution in [-0.4, -0.2) is 9.97 Å². The van der Waals surface area contributed by atoms with Gasteiger partial charge in [-0.15, -0.1) is 0 Å². The van der Waals surface area contributed by atoms with Gasteiger partial charge in [0.15, 0.2) is 5.75 Å². The second-order valence-corrected chi connectivity index (χ2v) is 4.10. The van der Waals surface area contributed by atoms with E-state index in [2.05, 4.69) is 25.9 Å². The average molecular weight is 280 g/mol. The van der Waals surface area contributed by atoms with Crippen LogP contribution in [0, 0.1) is 6.92 Å². The molecule has 0 fully saturated rings. The van der Waals surface area contributed by atoms with Crippen molar-refractivity contribution in [2.75, 3.05) is 5.73 Å². The first kappa shape index (κ1) is 10.9. The van der Waals surface area contributed by atoms with Crippen LogP contribution in [0.1, 0.15) is 5.69 Å². The molecule has 5 heteroatoms. The molecule has 2 rings (SSSR count). The van der Waals surface area contributed by atoms with Gasteiger partial charge in [-0.1, -0.05) is 6.07 Å². The van der Waals surface area contributed by atoms with Gasteiger partial charge in [0.25, 0.3) is 0 Å². The highest BCUT2D eigenvalue weighted by Crippen LogP contribution is 2.33. The highest BCUT2D eigenvalue weighted by Gasteiger charge is 2.08. The summed E-state index contributed by atoms with van der Waals surface area (Å²) in [6, 6.07) is 7.54. The fourth-order valence-corrected chi connectivity index (χ4v) is 1.66. The maximum atomic E-state index is 5.80. The van der Waals surface area contributed by atoms with E-state index in [0.717, 1.165) is 10.2 Å². The van der Waals surface area contributed by atoms with E-state index in [1.165, 1.54) is 0 Å². The van der Waals surface area contributed by atoms with E-state index in [9.17, 15) is 0 Å². The van der Waals surface area contributed by atoms with Gasteiger partial charge in [0.2, 0.25) is 0 Å². The van der Waals surface area contributed by atoms with Gasteiger partial charge in [-0.05, 0) is 41.1 Å². The van der Waals surface area contributed by atoms with E-state index in [1.54, 1.807) is 18.3 Å². The smallest absolute Gasteiger partial charge is 0.322 e. The second kappa shape index (κ2) is 4.49. The molecule has 0 atom stereocenters. The van der Waals surface area contributed by atoms with E-state index in [1.807, 2.05) is 19.1 Å². The van der Waals surface area contributed by atoms with Crippen LogP contribution in [0.25, 0.3) is 0 Å². The van der Waals surface area contributed by atoms with Crippen molar-refractivity contribution >= 4 is 21.6 Å².